The van der Waals surface area contributed by atoms with Crippen molar-refractivity contribution in [1.82, 2.24) is 0 Å². The smallest absolute Gasteiger partial charge is 0.0713 e. The van der Waals surface area contributed by atoms with Crippen LogP contribution in [0.4, 0.5) is 17.1 Å². The van der Waals surface area contributed by atoms with Gasteiger partial charge in [-0.2, -0.15) is 0 Å². The normalized spacial score (nSPS) is 14.2. The number of hydrogen-bond donors (Lipinski definition) is 0. The van der Waals surface area contributed by atoms with Gasteiger partial charge >= 0.3 is 0 Å². The minimum atomic E-state index is -0.406. The van der Waals surface area contributed by atoms with E-state index >= 15 is 0 Å². The lowest BCUT2D eigenvalue weighted by Crippen LogP contribution is -2.28. The Bertz CT molecular complexity index is 2630. The number of benzene rings is 8. The summed E-state index contributed by atoms with van der Waals surface area (Å²) in [5.41, 5.74) is 18.5. The predicted molar refractivity (Wildman–Crippen MR) is 231 cm³/mol. The van der Waals surface area contributed by atoms with Gasteiger partial charge in [0.2, 0.25) is 0 Å². The van der Waals surface area contributed by atoms with Crippen molar-refractivity contribution in [2.75, 3.05) is 4.90 Å². The van der Waals surface area contributed by atoms with Crippen LogP contribution in [-0.4, -0.2) is 0 Å². The maximum Gasteiger partial charge on any atom is 0.0713 e. The Balaban J connectivity index is 1.05. The van der Waals surface area contributed by atoms with Gasteiger partial charge in [0.25, 0.3) is 0 Å². The second kappa shape index (κ2) is 13.0. The van der Waals surface area contributed by atoms with Gasteiger partial charge in [-0.15, -0.1) is 0 Å². The Labute approximate surface area is 324 Å². The van der Waals surface area contributed by atoms with Gasteiger partial charge in [-0.1, -0.05) is 190 Å². The van der Waals surface area contributed by atoms with Gasteiger partial charge in [0.1, 0.15) is 0 Å². The van der Waals surface area contributed by atoms with Crippen molar-refractivity contribution in [3.05, 3.63) is 245 Å². The first-order valence-corrected chi connectivity index (χ1v) is 19.3. The molecule has 0 unspecified atom stereocenters. The molecule has 0 N–H and O–H groups in total. The molecule has 2 aliphatic carbocycles. The highest BCUT2D eigenvalue weighted by atomic mass is 15.1. The standard InChI is InChI=1S/C54H41N/c1-53(2)50-36-38(31-34-45(50)46-35-33-44(37-51(46)53)55(42-23-11-5-12-24-42)43-25-13-6-14-26-43)30-32-39-18-17-29-49-52(39)47-27-15-16-28-48(47)54(49,40-19-7-3-8-20-40)41-21-9-4-10-22-41/h3-37H,1-2H3. The van der Waals surface area contributed by atoms with Gasteiger partial charge in [-0.05, 0) is 103 Å². The van der Waals surface area contributed by atoms with Gasteiger partial charge in [-0.25, -0.2) is 0 Å². The van der Waals surface area contributed by atoms with Crippen LogP contribution < -0.4 is 4.90 Å². The third kappa shape index (κ3) is 5.15. The number of nitrogens with zero attached hydrogens (tertiary/aromatic N) is 1. The van der Waals surface area contributed by atoms with E-state index in [1.54, 1.807) is 0 Å². The minimum Gasteiger partial charge on any atom is -0.310 e. The van der Waals surface area contributed by atoms with Crippen molar-refractivity contribution in [2.45, 2.75) is 24.7 Å². The molecule has 0 saturated carbocycles. The Morgan fingerprint density at radius 2 is 0.909 bits per heavy atom. The average molecular weight is 704 g/mol. The molecule has 8 aromatic rings. The first-order valence-electron chi connectivity index (χ1n) is 19.3. The molecule has 0 saturated heterocycles. The molecule has 0 spiro atoms. The topological polar surface area (TPSA) is 3.24 Å². The van der Waals surface area contributed by atoms with E-state index in [4.69, 9.17) is 0 Å². The molecule has 8 aromatic carbocycles. The first kappa shape index (κ1) is 32.9. The summed E-state index contributed by atoms with van der Waals surface area (Å²) >= 11 is 0. The fourth-order valence-corrected chi connectivity index (χ4v) is 9.43. The summed E-state index contributed by atoms with van der Waals surface area (Å²) < 4.78 is 0. The maximum absolute atomic E-state index is 2.41. The van der Waals surface area contributed by atoms with Crippen LogP contribution in [0.15, 0.2) is 200 Å². The second-order valence-corrected chi connectivity index (χ2v) is 15.3. The Morgan fingerprint density at radius 3 is 1.55 bits per heavy atom. The maximum atomic E-state index is 2.41. The molecule has 1 heteroatoms. The van der Waals surface area contributed by atoms with Crippen LogP contribution >= 0.6 is 0 Å². The fraction of sp³-hybridized carbons (Fsp3) is 0.0741. The summed E-state index contributed by atoms with van der Waals surface area (Å²) in [6.07, 6.45) is 4.63. The minimum absolute atomic E-state index is 0.165. The highest BCUT2D eigenvalue weighted by Gasteiger charge is 2.46. The number of para-hydroxylation sites is 2. The molecular weight excluding hydrogens is 663 g/mol. The van der Waals surface area contributed by atoms with Crippen LogP contribution in [0.5, 0.6) is 0 Å². The summed E-state index contributed by atoms with van der Waals surface area (Å²) in [6.45, 7) is 4.75. The van der Waals surface area contributed by atoms with Gasteiger partial charge in [0, 0.05) is 22.5 Å². The Hall–Kier alpha value is -6.70. The molecule has 0 aliphatic heterocycles. The van der Waals surface area contributed by atoms with Crippen LogP contribution in [0.2, 0.25) is 0 Å². The summed E-state index contributed by atoms with van der Waals surface area (Å²) in [7, 11) is 0. The van der Waals surface area contributed by atoms with Crippen LogP contribution in [0, 0.1) is 0 Å². The summed E-state index contributed by atoms with van der Waals surface area (Å²) in [5, 5.41) is 0. The largest absolute Gasteiger partial charge is 0.310 e. The van der Waals surface area contributed by atoms with Gasteiger partial charge in [-0.3, -0.25) is 0 Å². The third-order valence-electron chi connectivity index (χ3n) is 11.9. The number of hydrogen-bond acceptors (Lipinski definition) is 1. The molecule has 0 amide bonds. The van der Waals surface area contributed by atoms with E-state index in [0.717, 1.165) is 17.1 Å². The van der Waals surface area contributed by atoms with Crippen LogP contribution in [0.1, 0.15) is 58.4 Å². The van der Waals surface area contributed by atoms with E-state index in [0.29, 0.717) is 0 Å². The SMILES string of the molecule is CC1(C)c2cc(C=Cc3cccc4c3-c3ccccc3C4(c3ccccc3)c3ccccc3)ccc2-c2ccc(N(c3ccccc3)c3ccccc3)cc21. The van der Waals surface area contributed by atoms with Crippen molar-refractivity contribution in [1.29, 1.82) is 0 Å². The Morgan fingerprint density at radius 1 is 0.382 bits per heavy atom. The van der Waals surface area contributed by atoms with Gasteiger partial charge < -0.3 is 4.90 Å². The van der Waals surface area contributed by atoms with Crippen LogP contribution in [0.3, 0.4) is 0 Å². The monoisotopic (exact) mass is 703 g/mol. The molecule has 0 bridgehead atoms. The molecular formula is C54H41N. The molecule has 1 nitrogen and oxygen atoms in total. The van der Waals surface area contributed by atoms with Crippen LogP contribution in [-0.2, 0) is 10.8 Å². The molecule has 0 heterocycles. The molecule has 2 aliphatic rings. The van der Waals surface area contributed by atoms with Gasteiger partial charge in [0.15, 0.2) is 0 Å². The molecule has 0 radical (unpaired) electrons. The fourth-order valence-electron chi connectivity index (χ4n) is 9.43. The quantitative estimate of drug-likeness (QED) is 0.149. The lowest BCUT2D eigenvalue weighted by atomic mass is 9.67. The zero-order chi connectivity index (χ0) is 37.0. The van der Waals surface area contributed by atoms with Crippen molar-refractivity contribution in [3.63, 3.8) is 0 Å². The predicted octanol–water partition coefficient (Wildman–Crippen LogP) is 14.0. The molecule has 55 heavy (non-hydrogen) atoms. The van der Waals surface area contributed by atoms with E-state index in [1.165, 1.54) is 66.8 Å². The third-order valence-corrected chi connectivity index (χ3v) is 11.9. The first-order chi connectivity index (χ1) is 27.0. The van der Waals surface area contributed by atoms with Gasteiger partial charge in [0.05, 0.1) is 5.41 Å². The zero-order valence-electron chi connectivity index (χ0n) is 31.2. The summed E-state index contributed by atoms with van der Waals surface area (Å²) in [4.78, 5) is 2.36. The van der Waals surface area contributed by atoms with Crippen molar-refractivity contribution in [3.8, 4) is 22.3 Å². The number of rotatable bonds is 7. The highest BCUT2D eigenvalue weighted by Crippen LogP contribution is 2.57. The van der Waals surface area contributed by atoms with Crippen LogP contribution in [0.25, 0.3) is 34.4 Å². The molecule has 0 aromatic heterocycles. The lowest BCUT2D eigenvalue weighted by Gasteiger charge is -2.33. The summed E-state index contributed by atoms with van der Waals surface area (Å²) in [6, 6.07) is 73.2. The van der Waals surface area contributed by atoms with E-state index in [-0.39, 0.29) is 5.41 Å². The van der Waals surface area contributed by atoms with E-state index in [2.05, 4.69) is 231 Å². The van der Waals surface area contributed by atoms with E-state index in [1.807, 2.05) is 0 Å². The van der Waals surface area contributed by atoms with Crippen molar-refractivity contribution < 1.29 is 0 Å². The lowest BCUT2D eigenvalue weighted by molar-refractivity contribution is 0.660. The molecule has 0 fully saturated rings. The average Bonchev–Trinajstić information content (AvgIpc) is 3.67. The molecule has 262 valence electrons. The second-order valence-electron chi connectivity index (χ2n) is 15.3. The van der Waals surface area contributed by atoms with Crippen molar-refractivity contribution >= 4 is 29.2 Å². The van der Waals surface area contributed by atoms with E-state index < -0.39 is 5.41 Å². The highest BCUT2D eigenvalue weighted by molar-refractivity contribution is 5.93. The number of fused-ring (bicyclic) bond motifs is 6. The zero-order valence-corrected chi connectivity index (χ0v) is 31.2. The van der Waals surface area contributed by atoms with Crippen molar-refractivity contribution in [2.24, 2.45) is 0 Å². The summed E-state index contributed by atoms with van der Waals surface area (Å²) in [5.74, 6) is 0. The molecule has 10 rings (SSSR count). The molecule has 0 atom stereocenters. The number of anilines is 3. The Kier molecular flexibility index (Phi) is 7.78. The van der Waals surface area contributed by atoms with E-state index in [9.17, 15) is 0 Å².